The van der Waals surface area contributed by atoms with E-state index < -0.39 is 5.54 Å². The van der Waals surface area contributed by atoms with Crippen molar-refractivity contribution in [3.63, 3.8) is 0 Å². The minimum atomic E-state index is -0.479. The summed E-state index contributed by atoms with van der Waals surface area (Å²) >= 11 is 0. The summed E-state index contributed by atoms with van der Waals surface area (Å²) in [6, 6.07) is 0. The molecule has 0 aliphatic carbocycles. The number of aromatic nitrogens is 3. The lowest BCUT2D eigenvalue weighted by atomic mass is 9.75. The van der Waals surface area contributed by atoms with Crippen molar-refractivity contribution in [2.75, 3.05) is 49.8 Å². The SMILES string of the molecule is Nc1nc(N)nc(NC(CC2CO2)(CC2CO2)C(CC2CO2)=C(CC2CO2)CC2CO2)n1. The van der Waals surface area contributed by atoms with Gasteiger partial charge in [-0.1, -0.05) is 5.57 Å². The number of hydrogen-bond donors (Lipinski definition) is 3. The molecule has 0 saturated carbocycles. The molecule has 5 aliphatic heterocycles. The van der Waals surface area contributed by atoms with Crippen molar-refractivity contribution in [2.24, 2.45) is 0 Å². The second-order valence-electron chi connectivity index (χ2n) is 9.46. The molecule has 11 nitrogen and oxygen atoms in total. The molecule has 174 valence electrons. The van der Waals surface area contributed by atoms with Gasteiger partial charge in [0.25, 0.3) is 0 Å². The van der Waals surface area contributed by atoms with E-state index in [9.17, 15) is 0 Å². The van der Waals surface area contributed by atoms with Crippen LogP contribution in [0.2, 0.25) is 0 Å². The molecule has 5 saturated heterocycles. The zero-order valence-electron chi connectivity index (χ0n) is 18.0. The van der Waals surface area contributed by atoms with Crippen molar-refractivity contribution >= 4 is 17.8 Å². The van der Waals surface area contributed by atoms with E-state index in [2.05, 4.69) is 20.3 Å². The fraction of sp³-hybridized carbons (Fsp3) is 0.762. The number of rotatable bonds is 13. The van der Waals surface area contributed by atoms with E-state index in [0.717, 1.165) is 65.1 Å². The van der Waals surface area contributed by atoms with Crippen LogP contribution in [0, 0.1) is 0 Å². The van der Waals surface area contributed by atoms with E-state index in [1.54, 1.807) is 0 Å². The normalized spacial score (nSPS) is 33.2. The third-order valence-corrected chi connectivity index (χ3v) is 6.57. The summed E-state index contributed by atoms with van der Waals surface area (Å²) in [5.41, 5.74) is 14.0. The number of nitrogens with zero attached hydrogens (tertiary/aromatic N) is 3. The van der Waals surface area contributed by atoms with Crippen molar-refractivity contribution in [3.8, 4) is 0 Å². The van der Waals surface area contributed by atoms with Crippen LogP contribution in [0.1, 0.15) is 32.1 Å². The van der Waals surface area contributed by atoms with E-state index in [-0.39, 0.29) is 42.4 Å². The Labute approximate surface area is 186 Å². The van der Waals surface area contributed by atoms with Crippen LogP contribution in [0.4, 0.5) is 17.8 Å². The summed E-state index contributed by atoms with van der Waals surface area (Å²) in [7, 11) is 0. The van der Waals surface area contributed by atoms with Gasteiger partial charge in [0, 0.05) is 12.8 Å². The standard InChI is InChI=1S/C21H30N6O5/c22-18-24-19(23)26-20(25-18)27-21(4-15-9-31-15,5-16-10-32-16)17(3-14-8-30-14)11(1-12-6-28-12)2-13-7-29-13/h12-16H,1-10H2,(H5,22,23,24,25,26,27). The molecule has 0 spiro atoms. The summed E-state index contributed by atoms with van der Waals surface area (Å²) in [4.78, 5) is 12.6. The van der Waals surface area contributed by atoms with Gasteiger partial charge in [-0.3, -0.25) is 0 Å². The van der Waals surface area contributed by atoms with E-state index in [0.29, 0.717) is 5.95 Å². The Hall–Kier alpha value is -2.05. The molecule has 0 radical (unpaired) electrons. The van der Waals surface area contributed by atoms with Crippen molar-refractivity contribution in [1.29, 1.82) is 0 Å². The first-order chi connectivity index (χ1) is 15.5. The molecule has 11 heteroatoms. The van der Waals surface area contributed by atoms with Gasteiger partial charge in [-0.2, -0.15) is 15.0 Å². The zero-order valence-corrected chi connectivity index (χ0v) is 18.0. The Bertz CT molecular complexity index is 842. The summed E-state index contributed by atoms with van der Waals surface area (Å²) in [5.74, 6) is 0.553. The van der Waals surface area contributed by atoms with Crippen LogP contribution in [0.3, 0.4) is 0 Å². The molecule has 5 unspecified atom stereocenters. The third-order valence-electron chi connectivity index (χ3n) is 6.57. The highest BCUT2D eigenvalue weighted by Gasteiger charge is 2.48. The minimum Gasteiger partial charge on any atom is -0.373 e. The lowest BCUT2D eigenvalue weighted by Gasteiger charge is -2.39. The lowest BCUT2D eigenvalue weighted by Crippen LogP contribution is -2.45. The molecular weight excluding hydrogens is 416 g/mol. The highest BCUT2D eigenvalue weighted by atomic mass is 16.6. The molecule has 5 aliphatic rings. The first kappa shape index (κ1) is 20.5. The average molecular weight is 447 g/mol. The summed E-state index contributed by atoms with van der Waals surface area (Å²) in [6.45, 7) is 3.88. The monoisotopic (exact) mass is 446 g/mol. The molecular formula is C21H30N6O5. The fourth-order valence-electron chi connectivity index (χ4n) is 4.68. The molecule has 5 fully saturated rings. The maximum Gasteiger partial charge on any atom is 0.229 e. The zero-order chi connectivity index (χ0) is 21.7. The van der Waals surface area contributed by atoms with Crippen LogP contribution < -0.4 is 16.8 Å². The van der Waals surface area contributed by atoms with Crippen molar-refractivity contribution in [2.45, 2.75) is 68.2 Å². The number of hydrogen-bond acceptors (Lipinski definition) is 11. The predicted molar refractivity (Wildman–Crippen MR) is 114 cm³/mol. The molecule has 6 heterocycles. The predicted octanol–water partition coefficient (Wildman–Crippen LogP) is 0.428. The second-order valence-corrected chi connectivity index (χ2v) is 9.46. The molecule has 0 aromatic carbocycles. The van der Waals surface area contributed by atoms with Crippen LogP contribution in [0.15, 0.2) is 11.1 Å². The third kappa shape index (κ3) is 5.29. The van der Waals surface area contributed by atoms with E-state index in [4.69, 9.17) is 35.2 Å². The van der Waals surface area contributed by atoms with Gasteiger partial charge in [0.1, 0.15) is 0 Å². The van der Waals surface area contributed by atoms with Gasteiger partial charge in [0.05, 0.1) is 69.1 Å². The van der Waals surface area contributed by atoms with Gasteiger partial charge in [-0.05, 0) is 24.8 Å². The number of ether oxygens (including phenoxy) is 5. The minimum absolute atomic E-state index is 0.0910. The van der Waals surface area contributed by atoms with E-state index in [1.165, 1.54) is 11.1 Å². The molecule has 0 amide bonds. The summed E-state index contributed by atoms with van der Waals surface area (Å²) in [6.07, 6.45) is 5.28. The Balaban J connectivity index is 1.42. The number of nitrogen functional groups attached to an aromatic ring is 2. The van der Waals surface area contributed by atoms with Crippen molar-refractivity contribution in [3.05, 3.63) is 11.1 Å². The smallest absolute Gasteiger partial charge is 0.229 e. The van der Waals surface area contributed by atoms with Gasteiger partial charge in [-0.15, -0.1) is 0 Å². The number of nitrogens with one attached hydrogen (secondary N) is 1. The Morgan fingerprint density at radius 2 is 1.16 bits per heavy atom. The molecule has 5 N–H and O–H groups in total. The van der Waals surface area contributed by atoms with Gasteiger partial charge in [0.2, 0.25) is 17.8 Å². The average Bonchev–Trinajstić information content (AvgIpc) is 3.55. The summed E-state index contributed by atoms with van der Waals surface area (Å²) < 4.78 is 28.3. The van der Waals surface area contributed by atoms with E-state index in [1.807, 2.05) is 0 Å². The van der Waals surface area contributed by atoms with Gasteiger partial charge in [0.15, 0.2) is 0 Å². The number of anilines is 3. The molecule has 6 rings (SSSR count). The molecule has 32 heavy (non-hydrogen) atoms. The lowest BCUT2D eigenvalue weighted by molar-refractivity contribution is 0.299. The maximum atomic E-state index is 5.88. The number of nitrogens with two attached hydrogens (primary N) is 2. The Kier molecular flexibility index (Phi) is 5.18. The quantitative estimate of drug-likeness (QED) is 0.284. The largest absolute Gasteiger partial charge is 0.373 e. The maximum absolute atomic E-state index is 5.88. The van der Waals surface area contributed by atoms with Crippen LogP contribution in [-0.2, 0) is 23.7 Å². The van der Waals surface area contributed by atoms with Crippen molar-refractivity contribution in [1.82, 2.24) is 15.0 Å². The number of epoxide rings is 5. The van der Waals surface area contributed by atoms with E-state index >= 15 is 0 Å². The first-order valence-corrected chi connectivity index (χ1v) is 11.4. The fourth-order valence-corrected chi connectivity index (χ4v) is 4.68. The van der Waals surface area contributed by atoms with Gasteiger partial charge < -0.3 is 40.5 Å². The molecule has 1 aromatic rings. The van der Waals surface area contributed by atoms with Gasteiger partial charge >= 0.3 is 0 Å². The second kappa shape index (κ2) is 8.07. The van der Waals surface area contributed by atoms with Crippen LogP contribution >= 0.6 is 0 Å². The highest BCUT2D eigenvalue weighted by Crippen LogP contribution is 2.45. The topological polar surface area (TPSA) is 165 Å². The first-order valence-electron chi connectivity index (χ1n) is 11.4. The van der Waals surface area contributed by atoms with Crippen LogP contribution in [0.25, 0.3) is 0 Å². The molecule has 1 aromatic heterocycles. The van der Waals surface area contributed by atoms with Crippen molar-refractivity contribution < 1.29 is 23.7 Å². The molecule has 0 bridgehead atoms. The molecule has 5 atom stereocenters. The van der Waals surface area contributed by atoms with Gasteiger partial charge in [-0.25, -0.2) is 0 Å². The Morgan fingerprint density at radius 3 is 1.59 bits per heavy atom. The van der Waals surface area contributed by atoms with Crippen LogP contribution in [0.5, 0.6) is 0 Å². The highest BCUT2D eigenvalue weighted by molar-refractivity contribution is 5.46. The van der Waals surface area contributed by atoms with Crippen LogP contribution in [-0.4, -0.2) is 84.0 Å². The Morgan fingerprint density at radius 1 is 0.719 bits per heavy atom. The summed E-state index contributed by atoms with van der Waals surface area (Å²) in [5, 5.41) is 3.64.